The quantitative estimate of drug-likeness (QED) is 0.487. The Morgan fingerprint density at radius 2 is 1.77 bits per heavy atom. The van der Waals surface area contributed by atoms with Gasteiger partial charge in [0.25, 0.3) is 5.91 Å². The van der Waals surface area contributed by atoms with Crippen LogP contribution in [-0.4, -0.2) is 29.6 Å². The zero-order valence-corrected chi connectivity index (χ0v) is 14.1. The molecule has 0 atom stereocenters. The second-order valence-electron chi connectivity index (χ2n) is 6.34. The van der Waals surface area contributed by atoms with Gasteiger partial charge in [0.2, 0.25) is 5.91 Å². The fourth-order valence-electron chi connectivity index (χ4n) is 1.71. The van der Waals surface area contributed by atoms with Crippen LogP contribution in [0.5, 0.6) is 0 Å². The lowest BCUT2D eigenvalue weighted by Gasteiger charge is -2.38. The fraction of sp³-hybridized carbons (Fsp3) is 0.467. The molecule has 2 amide bonds. The van der Waals surface area contributed by atoms with E-state index in [1.165, 1.54) is 5.01 Å². The normalized spacial score (nSPS) is 16.0. The van der Waals surface area contributed by atoms with Crippen molar-refractivity contribution in [3.8, 4) is 0 Å². The van der Waals surface area contributed by atoms with Crippen molar-refractivity contribution in [2.45, 2.75) is 44.5 Å². The Labute approximate surface area is 137 Å². The van der Waals surface area contributed by atoms with E-state index in [-0.39, 0.29) is 23.0 Å². The van der Waals surface area contributed by atoms with E-state index >= 15 is 0 Å². The smallest absolute Gasteiger partial charge is 0.330 e. The summed E-state index contributed by atoms with van der Waals surface area (Å²) in [5.74, 6) is -0.544. The lowest BCUT2D eigenvalue weighted by Crippen LogP contribution is -2.45. The predicted octanol–water partition coefficient (Wildman–Crippen LogP) is 1.20. The lowest BCUT2D eigenvalue weighted by molar-refractivity contribution is -0.122. The van der Waals surface area contributed by atoms with Gasteiger partial charge in [-0.25, -0.2) is 5.01 Å². The summed E-state index contributed by atoms with van der Waals surface area (Å²) in [5.41, 5.74) is 3.57. The van der Waals surface area contributed by atoms with Gasteiger partial charge in [-0.3, -0.25) is 15.0 Å². The number of hydrogen-bond donors (Lipinski definition) is 2. The monoisotopic (exact) mass is 319 g/mol. The minimum Gasteiger partial charge on any atom is -0.428 e. The molecule has 0 spiro atoms. The lowest BCUT2D eigenvalue weighted by atomic mass is 9.84. The van der Waals surface area contributed by atoms with Crippen LogP contribution in [0, 0.1) is 0 Å². The average molecular weight is 319 g/mol. The van der Waals surface area contributed by atoms with Gasteiger partial charge in [-0.15, -0.1) is 0 Å². The van der Waals surface area contributed by atoms with Crippen LogP contribution < -0.4 is 15.9 Å². The van der Waals surface area contributed by atoms with E-state index < -0.39 is 5.60 Å². The molecule has 117 valence electrons. The third-order valence-corrected chi connectivity index (χ3v) is 4.45. The van der Waals surface area contributed by atoms with E-state index in [0.29, 0.717) is 5.69 Å². The number of hydrogen-bond acceptors (Lipinski definition) is 4. The largest absolute Gasteiger partial charge is 0.428 e. The van der Waals surface area contributed by atoms with Crippen molar-refractivity contribution < 1.29 is 14.2 Å². The molecule has 1 radical (unpaired) electrons. The number of benzene rings is 1. The Hall–Kier alpha value is -1.47. The number of nitrogens with one attached hydrogen (secondary N) is 1. The second kappa shape index (κ2) is 5.97. The zero-order chi connectivity index (χ0) is 16.5. The van der Waals surface area contributed by atoms with Crippen molar-refractivity contribution in [1.29, 1.82) is 0 Å². The van der Waals surface area contributed by atoms with E-state index in [1.807, 2.05) is 39.8 Å². The maximum atomic E-state index is 11.6. The Bertz CT molecular complexity index is 581. The number of anilines is 1. The van der Waals surface area contributed by atoms with Crippen LogP contribution in [0.25, 0.3) is 0 Å². The van der Waals surface area contributed by atoms with Gasteiger partial charge in [0.05, 0.1) is 11.3 Å². The van der Waals surface area contributed by atoms with E-state index in [9.17, 15) is 9.59 Å². The maximum Gasteiger partial charge on any atom is 0.330 e. The molecule has 1 fully saturated rings. The summed E-state index contributed by atoms with van der Waals surface area (Å²) in [4.78, 5) is 22.8. The molecule has 0 saturated carbocycles. The number of amides is 2. The van der Waals surface area contributed by atoms with E-state index in [4.69, 9.17) is 4.65 Å². The highest BCUT2D eigenvalue weighted by molar-refractivity contribution is 7.81. The molecule has 0 bridgehead atoms. The third kappa shape index (κ3) is 3.65. The van der Waals surface area contributed by atoms with Gasteiger partial charge in [-0.1, -0.05) is 17.6 Å². The van der Waals surface area contributed by atoms with Crippen LogP contribution in [0.2, 0.25) is 0 Å². The SMILES string of the molecule is CC(C)(S)C(C)(C)O[B]c1ccc(N2NC(=O)CC2=O)cc1. The molecule has 7 heteroatoms. The van der Waals surface area contributed by atoms with Crippen LogP contribution in [0.4, 0.5) is 5.69 Å². The van der Waals surface area contributed by atoms with Crippen molar-refractivity contribution in [3.63, 3.8) is 0 Å². The molecule has 5 nitrogen and oxygen atoms in total. The van der Waals surface area contributed by atoms with Crippen molar-refractivity contribution >= 4 is 43.1 Å². The Morgan fingerprint density at radius 3 is 2.23 bits per heavy atom. The van der Waals surface area contributed by atoms with Gasteiger partial charge in [0.15, 0.2) is 0 Å². The van der Waals surface area contributed by atoms with Crippen molar-refractivity contribution in [2.24, 2.45) is 0 Å². The first-order valence-electron chi connectivity index (χ1n) is 7.06. The third-order valence-electron chi connectivity index (χ3n) is 3.91. The van der Waals surface area contributed by atoms with Gasteiger partial charge in [-0.2, -0.15) is 12.6 Å². The highest BCUT2D eigenvalue weighted by Gasteiger charge is 2.34. The van der Waals surface area contributed by atoms with Crippen LogP contribution in [0.15, 0.2) is 24.3 Å². The number of thiol groups is 1. The molecule has 2 rings (SSSR count). The summed E-state index contributed by atoms with van der Waals surface area (Å²) in [6.07, 6.45) is -0.109. The molecule has 1 aliphatic rings. The predicted molar refractivity (Wildman–Crippen MR) is 90.3 cm³/mol. The number of rotatable bonds is 5. The number of carbonyl (C=O) groups is 2. The van der Waals surface area contributed by atoms with Gasteiger partial charge in [0, 0.05) is 4.75 Å². The molecule has 1 aromatic rings. The molecule has 1 N–H and O–H groups in total. The van der Waals surface area contributed by atoms with Gasteiger partial charge in [-0.05, 0) is 39.8 Å². The summed E-state index contributed by atoms with van der Waals surface area (Å²) in [6, 6.07) is 7.18. The Morgan fingerprint density at radius 1 is 1.18 bits per heavy atom. The molecular weight excluding hydrogens is 299 g/mol. The standard InChI is InChI=1S/C15H20BN2O3S/c1-14(2,15(3,4)22)21-16-10-5-7-11(8-6-10)18-13(20)9-12(19)17-18/h5-8,22H,9H2,1-4H3,(H,17,19). The van der Waals surface area contributed by atoms with Gasteiger partial charge in [0.1, 0.15) is 6.42 Å². The number of hydrazine groups is 1. The summed E-state index contributed by atoms with van der Waals surface area (Å²) >= 11 is 4.55. The highest BCUT2D eigenvalue weighted by Crippen LogP contribution is 2.30. The molecule has 1 aliphatic heterocycles. The van der Waals surface area contributed by atoms with Crippen LogP contribution >= 0.6 is 12.6 Å². The van der Waals surface area contributed by atoms with Gasteiger partial charge < -0.3 is 4.65 Å². The Kier molecular flexibility index (Phi) is 4.58. The Balaban J connectivity index is 2.01. The number of nitrogens with zero attached hydrogens (tertiary/aromatic N) is 1. The van der Waals surface area contributed by atoms with Crippen molar-refractivity contribution in [2.75, 3.05) is 5.01 Å². The molecule has 1 aromatic carbocycles. The first-order valence-corrected chi connectivity index (χ1v) is 7.51. The number of carbonyl (C=O) groups excluding carboxylic acids is 2. The first-order chi connectivity index (χ1) is 10.1. The van der Waals surface area contributed by atoms with Crippen molar-refractivity contribution in [3.05, 3.63) is 24.3 Å². The molecule has 1 heterocycles. The summed E-state index contributed by atoms with van der Waals surface area (Å²) in [5, 5.41) is 1.26. The first kappa shape index (κ1) is 16.9. The van der Waals surface area contributed by atoms with Crippen molar-refractivity contribution in [1.82, 2.24) is 5.43 Å². The summed E-state index contributed by atoms with van der Waals surface area (Å²) in [7, 11) is 1.67. The molecule has 22 heavy (non-hydrogen) atoms. The minimum atomic E-state index is -0.437. The minimum absolute atomic E-state index is 0.109. The average Bonchev–Trinajstić information content (AvgIpc) is 2.75. The van der Waals surface area contributed by atoms with Crippen LogP contribution in [-0.2, 0) is 14.2 Å². The van der Waals surface area contributed by atoms with E-state index in [0.717, 1.165) is 5.46 Å². The maximum absolute atomic E-state index is 11.6. The fourth-order valence-corrected chi connectivity index (χ4v) is 1.77. The topological polar surface area (TPSA) is 58.6 Å². The van der Waals surface area contributed by atoms with E-state index in [1.54, 1.807) is 19.6 Å². The van der Waals surface area contributed by atoms with Crippen LogP contribution in [0.1, 0.15) is 34.1 Å². The van der Waals surface area contributed by atoms with Crippen LogP contribution in [0.3, 0.4) is 0 Å². The highest BCUT2D eigenvalue weighted by atomic mass is 32.1. The molecular formula is C15H20BN2O3S. The summed E-state index contributed by atoms with van der Waals surface area (Å²) in [6.45, 7) is 7.94. The molecule has 0 aromatic heterocycles. The summed E-state index contributed by atoms with van der Waals surface area (Å²) < 4.78 is 5.54. The van der Waals surface area contributed by atoms with Gasteiger partial charge >= 0.3 is 7.48 Å². The van der Waals surface area contributed by atoms with E-state index in [2.05, 4.69) is 18.1 Å². The molecule has 0 unspecified atom stereocenters. The molecule has 0 aliphatic carbocycles. The molecule has 1 saturated heterocycles. The second-order valence-corrected chi connectivity index (χ2v) is 7.46. The zero-order valence-electron chi connectivity index (χ0n) is 13.2.